The van der Waals surface area contributed by atoms with Gasteiger partial charge in [0.25, 0.3) is 0 Å². The fraction of sp³-hybridized carbons (Fsp3) is 0.154. The lowest BCUT2D eigenvalue weighted by atomic mass is 10.2. The molecule has 0 unspecified atom stereocenters. The molecule has 0 atom stereocenters. The highest BCUT2D eigenvalue weighted by atomic mass is 32.2. The molecule has 1 aromatic heterocycles. The van der Waals surface area contributed by atoms with Gasteiger partial charge in [-0.15, -0.1) is 0 Å². The number of nitriles is 1. The van der Waals surface area contributed by atoms with E-state index in [1.807, 2.05) is 6.07 Å². The Bertz CT molecular complexity index is 685. The number of sulfonamides is 1. The van der Waals surface area contributed by atoms with E-state index in [0.29, 0.717) is 11.1 Å². The first kappa shape index (κ1) is 13.3. The Labute approximate surface area is 111 Å². The summed E-state index contributed by atoms with van der Waals surface area (Å²) in [6.07, 6.45) is 3.47. The Morgan fingerprint density at radius 2 is 2.11 bits per heavy atom. The fourth-order valence-corrected chi connectivity index (χ4v) is 2.77. The molecule has 0 aliphatic heterocycles. The Balaban J connectivity index is 2.02. The van der Waals surface area contributed by atoms with Crippen LogP contribution in [0.15, 0.2) is 42.7 Å². The van der Waals surface area contributed by atoms with Crippen molar-refractivity contribution in [3.05, 3.63) is 59.4 Å². The van der Waals surface area contributed by atoms with Crippen molar-refractivity contribution < 1.29 is 8.42 Å². The average Bonchev–Trinajstić information content (AvgIpc) is 2.89. The van der Waals surface area contributed by atoms with Crippen LogP contribution in [-0.2, 0) is 22.3 Å². The van der Waals surface area contributed by atoms with Gasteiger partial charge >= 0.3 is 0 Å². The molecule has 0 amide bonds. The van der Waals surface area contributed by atoms with Crippen molar-refractivity contribution >= 4 is 10.0 Å². The zero-order valence-electron chi connectivity index (χ0n) is 10.1. The molecule has 0 saturated carbocycles. The predicted molar refractivity (Wildman–Crippen MR) is 71.4 cm³/mol. The highest BCUT2D eigenvalue weighted by molar-refractivity contribution is 7.88. The molecule has 5 nitrogen and oxygen atoms in total. The second-order valence-corrected chi connectivity index (χ2v) is 5.92. The third kappa shape index (κ3) is 3.95. The van der Waals surface area contributed by atoms with Crippen molar-refractivity contribution in [1.29, 1.82) is 5.26 Å². The summed E-state index contributed by atoms with van der Waals surface area (Å²) in [4.78, 5) is 2.86. The normalized spacial score (nSPS) is 11.1. The number of hydrogen-bond acceptors (Lipinski definition) is 3. The summed E-state index contributed by atoms with van der Waals surface area (Å²) in [6, 6.07) is 10.4. The maximum absolute atomic E-state index is 11.9. The Morgan fingerprint density at radius 1 is 1.26 bits per heavy atom. The molecule has 2 aromatic rings. The second-order valence-electron chi connectivity index (χ2n) is 4.11. The molecule has 0 radical (unpaired) electrons. The quantitative estimate of drug-likeness (QED) is 0.867. The number of H-pyrrole nitrogens is 1. The molecule has 2 N–H and O–H groups in total. The van der Waals surface area contributed by atoms with Crippen LogP contribution in [0.2, 0.25) is 0 Å². The Kier molecular flexibility index (Phi) is 4.00. The van der Waals surface area contributed by atoms with Crippen molar-refractivity contribution in [3.63, 3.8) is 0 Å². The molecule has 2 rings (SSSR count). The molecule has 98 valence electrons. The van der Waals surface area contributed by atoms with Crippen LogP contribution >= 0.6 is 0 Å². The molecular formula is C13H13N3O2S. The van der Waals surface area contributed by atoms with Gasteiger partial charge in [-0.25, -0.2) is 13.1 Å². The van der Waals surface area contributed by atoms with E-state index < -0.39 is 10.0 Å². The van der Waals surface area contributed by atoms with Crippen LogP contribution in [0, 0.1) is 11.3 Å². The number of aromatic amines is 1. The highest BCUT2D eigenvalue weighted by Crippen LogP contribution is 2.08. The van der Waals surface area contributed by atoms with Gasteiger partial charge in [0.05, 0.1) is 17.4 Å². The van der Waals surface area contributed by atoms with Gasteiger partial charge in [0.15, 0.2) is 0 Å². The summed E-state index contributed by atoms with van der Waals surface area (Å²) < 4.78 is 26.3. The lowest BCUT2D eigenvalue weighted by Gasteiger charge is -2.06. The van der Waals surface area contributed by atoms with Crippen LogP contribution in [0.3, 0.4) is 0 Å². The van der Waals surface area contributed by atoms with Gasteiger partial charge in [-0.05, 0) is 29.3 Å². The molecule has 0 fully saturated rings. The molecule has 0 aliphatic rings. The van der Waals surface area contributed by atoms with Crippen LogP contribution in [0.4, 0.5) is 0 Å². The molecular weight excluding hydrogens is 262 g/mol. The fourth-order valence-electron chi connectivity index (χ4n) is 1.66. The second kappa shape index (κ2) is 5.69. The molecule has 0 saturated heterocycles. The lowest BCUT2D eigenvalue weighted by Crippen LogP contribution is -2.24. The third-order valence-corrected chi connectivity index (χ3v) is 3.87. The Morgan fingerprint density at radius 3 is 2.79 bits per heavy atom. The predicted octanol–water partition coefficient (Wildman–Crippen LogP) is 1.51. The van der Waals surface area contributed by atoms with E-state index in [-0.39, 0.29) is 12.3 Å². The van der Waals surface area contributed by atoms with E-state index in [0.717, 1.165) is 5.56 Å². The minimum Gasteiger partial charge on any atom is -0.367 e. The number of benzene rings is 1. The van der Waals surface area contributed by atoms with Gasteiger partial charge in [0.2, 0.25) is 10.0 Å². The van der Waals surface area contributed by atoms with Gasteiger partial charge < -0.3 is 4.98 Å². The van der Waals surface area contributed by atoms with Gasteiger partial charge in [0.1, 0.15) is 0 Å². The number of rotatable bonds is 5. The number of hydrogen-bond donors (Lipinski definition) is 2. The minimum atomic E-state index is -3.41. The van der Waals surface area contributed by atoms with Crippen molar-refractivity contribution in [3.8, 4) is 6.07 Å². The van der Waals surface area contributed by atoms with Gasteiger partial charge in [0, 0.05) is 18.9 Å². The van der Waals surface area contributed by atoms with Crippen molar-refractivity contribution in [2.24, 2.45) is 0 Å². The summed E-state index contributed by atoms with van der Waals surface area (Å²) in [7, 11) is -3.41. The minimum absolute atomic E-state index is 0.132. The number of nitrogens with zero attached hydrogens (tertiary/aromatic N) is 1. The monoisotopic (exact) mass is 275 g/mol. The standard InChI is InChI=1S/C13H13N3O2S/c14-7-11-2-1-3-12(6-11)10-19(17,18)16-9-13-4-5-15-8-13/h1-6,8,15-16H,9-10H2. The van der Waals surface area contributed by atoms with Gasteiger partial charge in [-0.3, -0.25) is 0 Å². The molecule has 1 heterocycles. The van der Waals surface area contributed by atoms with Crippen LogP contribution in [0.5, 0.6) is 0 Å². The molecule has 19 heavy (non-hydrogen) atoms. The van der Waals surface area contributed by atoms with Crippen LogP contribution in [0.1, 0.15) is 16.7 Å². The van der Waals surface area contributed by atoms with Crippen molar-refractivity contribution in [1.82, 2.24) is 9.71 Å². The van der Waals surface area contributed by atoms with E-state index in [9.17, 15) is 8.42 Å². The zero-order chi connectivity index (χ0) is 13.7. The summed E-state index contributed by atoms with van der Waals surface area (Å²) in [5.41, 5.74) is 1.92. The number of nitrogens with one attached hydrogen (secondary N) is 2. The average molecular weight is 275 g/mol. The van der Waals surface area contributed by atoms with E-state index in [2.05, 4.69) is 9.71 Å². The largest absolute Gasteiger partial charge is 0.367 e. The summed E-state index contributed by atoms with van der Waals surface area (Å²) >= 11 is 0. The zero-order valence-corrected chi connectivity index (χ0v) is 10.9. The molecule has 0 bridgehead atoms. The van der Waals surface area contributed by atoms with Crippen molar-refractivity contribution in [2.45, 2.75) is 12.3 Å². The summed E-state index contributed by atoms with van der Waals surface area (Å²) in [5, 5.41) is 8.77. The van der Waals surface area contributed by atoms with E-state index >= 15 is 0 Å². The first-order valence-electron chi connectivity index (χ1n) is 5.67. The summed E-state index contributed by atoms with van der Waals surface area (Å²) in [5.74, 6) is -0.132. The molecule has 0 aliphatic carbocycles. The van der Waals surface area contributed by atoms with E-state index in [1.165, 1.54) is 0 Å². The highest BCUT2D eigenvalue weighted by Gasteiger charge is 2.11. The first-order valence-corrected chi connectivity index (χ1v) is 7.32. The maximum atomic E-state index is 11.9. The van der Waals surface area contributed by atoms with Gasteiger partial charge in [-0.2, -0.15) is 5.26 Å². The topological polar surface area (TPSA) is 85.8 Å². The Hall–Kier alpha value is -2.10. The van der Waals surface area contributed by atoms with E-state index in [1.54, 1.807) is 42.7 Å². The SMILES string of the molecule is N#Cc1cccc(CS(=O)(=O)NCc2cc[nH]c2)c1. The van der Waals surface area contributed by atoms with Crippen molar-refractivity contribution in [2.75, 3.05) is 0 Å². The van der Waals surface area contributed by atoms with Gasteiger partial charge in [-0.1, -0.05) is 12.1 Å². The van der Waals surface area contributed by atoms with Crippen LogP contribution in [0.25, 0.3) is 0 Å². The molecule has 0 spiro atoms. The summed E-state index contributed by atoms with van der Waals surface area (Å²) in [6.45, 7) is 0.254. The molecule has 6 heteroatoms. The number of aromatic nitrogens is 1. The smallest absolute Gasteiger partial charge is 0.216 e. The first-order chi connectivity index (χ1) is 9.09. The maximum Gasteiger partial charge on any atom is 0.216 e. The van der Waals surface area contributed by atoms with E-state index in [4.69, 9.17) is 5.26 Å². The third-order valence-electron chi connectivity index (χ3n) is 2.57. The molecule has 1 aromatic carbocycles. The van der Waals surface area contributed by atoms with Crippen LogP contribution in [-0.4, -0.2) is 13.4 Å². The van der Waals surface area contributed by atoms with Crippen LogP contribution < -0.4 is 4.72 Å². The lowest BCUT2D eigenvalue weighted by molar-refractivity contribution is 0.580.